The first kappa shape index (κ1) is 20.5. The van der Waals surface area contributed by atoms with Crippen LogP contribution in [0.4, 0.5) is 0 Å². The Labute approximate surface area is 122 Å². The van der Waals surface area contributed by atoms with Crippen molar-refractivity contribution < 1.29 is 0 Å². The van der Waals surface area contributed by atoms with E-state index in [1.54, 1.807) is 11.1 Å². The summed E-state index contributed by atoms with van der Waals surface area (Å²) in [6.07, 6.45) is 6.20. The van der Waals surface area contributed by atoms with Gasteiger partial charge in [0, 0.05) is 0 Å². The van der Waals surface area contributed by atoms with Gasteiger partial charge in [0.2, 0.25) is 0 Å². The van der Waals surface area contributed by atoms with E-state index in [1.165, 1.54) is 30.4 Å². The van der Waals surface area contributed by atoms with Gasteiger partial charge in [0.25, 0.3) is 0 Å². The third kappa shape index (κ3) is 5.80. The van der Waals surface area contributed by atoms with Crippen molar-refractivity contribution in [1.29, 1.82) is 0 Å². The Kier molecular flexibility index (Phi) is 8.35. The lowest BCUT2D eigenvalue weighted by Crippen LogP contribution is -2.23. The molecule has 19 heavy (non-hydrogen) atoms. The molecule has 0 heterocycles. The van der Waals surface area contributed by atoms with Gasteiger partial charge in [-0.1, -0.05) is 59.4 Å². The second-order valence-corrected chi connectivity index (χ2v) is 6.72. The predicted molar refractivity (Wildman–Crippen MR) is 91.5 cm³/mol. The zero-order chi connectivity index (χ0) is 13.2. The molecule has 1 aliphatic carbocycles. The topological polar surface area (TPSA) is 0 Å². The van der Waals surface area contributed by atoms with Gasteiger partial charge in [-0.3, -0.25) is 0 Å². The van der Waals surface area contributed by atoms with Crippen molar-refractivity contribution in [3.8, 4) is 0 Å². The molecule has 112 valence electrons. The summed E-state index contributed by atoms with van der Waals surface area (Å²) in [5.41, 5.74) is 6.07. The fourth-order valence-corrected chi connectivity index (χ4v) is 2.40. The van der Waals surface area contributed by atoms with Crippen LogP contribution < -0.4 is 0 Å². The van der Waals surface area contributed by atoms with E-state index >= 15 is 0 Å². The largest absolute Gasteiger partial charge is 0.0958 e. The summed E-state index contributed by atoms with van der Waals surface area (Å²) in [5, 5.41) is 0. The van der Waals surface area contributed by atoms with Gasteiger partial charge >= 0.3 is 0 Å². The molecule has 0 aromatic carbocycles. The Morgan fingerprint density at radius 3 is 2.16 bits per heavy atom. The maximum atomic E-state index is 4.02. The average Bonchev–Trinajstić information content (AvgIpc) is 2.19. The van der Waals surface area contributed by atoms with Gasteiger partial charge in [0.15, 0.2) is 0 Å². The van der Waals surface area contributed by atoms with E-state index in [-0.39, 0.29) is 14.9 Å². The molecule has 0 bridgehead atoms. The molecular weight excluding hydrogens is 228 g/mol. The summed E-state index contributed by atoms with van der Waals surface area (Å²) in [6, 6.07) is 0. The SMILES string of the molecule is C.C.C=C(C)/C(C)=C\C1=C(C)CC[C@H](C(C)(C)C)C1. The van der Waals surface area contributed by atoms with Crippen molar-refractivity contribution in [2.45, 2.75) is 75.7 Å². The van der Waals surface area contributed by atoms with Crippen LogP contribution in [0.15, 0.2) is 34.9 Å². The molecule has 1 aliphatic rings. The number of hydrogen-bond acceptors (Lipinski definition) is 0. The lowest BCUT2D eigenvalue weighted by molar-refractivity contribution is 0.217. The van der Waals surface area contributed by atoms with Crippen molar-refractivity contribution in [2.75, 3.05) is 0 Å². The third-order valence-electron chi connectivity index (χ3n) is 4.17. The first-order valence-corrected chi connectivity index (χ1v) is 6.74. The van der Waals surface area contributed by atoms with E-state index in [0.717, 1.165) is 5.92 Å². The predicted octanol–water partition coefficient (Wildman–Crippen LogP) is 6.94. The first-order chi connectivity index (χ1) is 7.71. The molecule has 0 amide bonds. The maximum absolute atomic E-state index is 4.02. The highest BCUT2D eigenvalue weighted by molar-refractivity contribution is 5.36. The van der Waals surface area contributed by atoms with Crippen LogP contribution >= 0.6 is 0 Å². The average molecular weight is 264 g/mol. The van der Waals surface area contributed by atoms with Gasteiger partial charge in [-0.25, -0.2) is 0 Å². The maximum Gasteiger partial charge on any atom is -0.0246 e. The molecule has 0 radical (unpaired) electrons. The van der Waals surface area contributed by atoms with E-state index in [2.05, 4.69) is 54.2 Å². The molecule has 0 aromatic rings. The van der Waals surface area contributed by atoms with Gasteiger partial charge in [-0.2, -0.15) is 0 Å². The minimum Gasteiger partial charge on any atom is -0.0958 e. The fourth-order valence-electron chi connectivity index (χ4n) is 2.40. The van der Waals surface area contributed by atoms with Crippen molar-refractivity contribution in [1.82, 2.24) is 0 Å². The van der Waals surface area contributed by atoms with Gasteiger partial charge in [-0.15, -0.1) is 0 Å². The normalized spacial score (nSPS) is 20.5. The molecule has 0 fully saturated rings. The standard InChI is InChI=1S/C17H28.2CH4/c1-12(2)14(4)10-15-11-16(17(5,6)7)9-8-13(15)3;;/h10,16H,1,8-9,11H2,2-7H3;2*1H4/b14-10-;;/t16-;;/m0../s1. The molecule has 0 nitrogen and oxygen atoms in total. The van der Waals surface area contributed by atoms with Crippen molar-refractivity contribution >= 4 is 0 Å². The summed E-state index contributed by atoms with van der Waals surface area (Å²) < 4.78 is 0. The number of allylic oxidation sites excluding steroid dienone is 5. The Morgan fingerprint density at radius 2 is 1.74 bits per heavy atom. The first-order valence-electron chi connectivity index (χ1n) is 6.74. The monoisotopic (exact) mass is 264 g/mol. The molecule has 0 aromatic heterocycles. The Hall–Kier alpha value is -0.780. The second-order valence-electron chi connectivity index (χ2n) is 6.72. The molecule has 1 rings (SSSR count). The molecule has 0 aliphatic heterocycles. The number of hydrogen-bond donors (Lipinski definition) is 0. The van der Waals surface area contributed by atoms with Crippen LogP contribution in [0.2, 0.25) is 0 Å². The molecule has 0 N–H and O–H groups in total. The van der Waals surface area contributed by atoms with Crippen LogP contribution in [0.3, 0.4) is 0 Å². The number of rotatable bonds is 2. The lowest BCUT2D eigenvalue weighted by Gasteiger charge is -2.35. The third-order valence-corrected chi connectivity index (χ3v) is 4.17. The Morgan fingerprint density at radius 1 is 1.21 bits per heavy atom. The molecular formula is C19H36. The molecule has 0 heteroatoms. The summed E-state index contributed by atoms with van der Waals surface area (Å²) in [6.45, 7) is 17.7. The van der Waals surface area contributed by atoms with Crippen molar-refractivity contribution in [3.63, 3.8) is 0 Å². The summed E-state index contributed by atoms with van der Waals surface area (Å²) in [4.78, 5) is 0. The van der Waals surface area contributed by atoms with Gasteiger partial charge in [0.05, 0.1) is 0 Å². The fraction of sp³-hybridized carbons (Fsp3) is 0.684. The van der Waals surface area contributed by atoms with Crippen LogP contribution in [-0.2, 0) is 0 Å². The Bertz CT molecular complexity index is 358. The lowest BCUT2D eigenvalue weighted by atomic mass is 9.70. The quantitative estimate of drug-likeness (QED) is 0.474. The van der Waals surface area contributed by atoms with E-state index in [1.807, 2.05) is 0 Å². The van der Waals surface area contributed by atoms with E-state index in [9.17, 15) is 0 Å². The zero-order valence-electron chi connectivity index (χ0n) is 12.5. The van der Waals surface area contributed by atoms with E-state index < -0.39 is 0 Å². The van der Waals surface area contributed by atoms with Crippen LogP contribution in [0.1, 0.15) is 75.7 Å². The zero-order valence-corrected chi connectivity index (χ0v) is 12.5. The van der Waals surface area contributed by atoms with Crippen LogP contribution in [0, 0.1) is 11.3 Å². The highest BCUT2D eigenvalue weighted by Crippen LogP contribution is 2.40. The van der Waals surface area contributed by atoms with Crippen LogP contribution in [0.5, 0.6) is 0 Å². The summed E-state index contributed by atoms with van der Waals surface area (Å²) in [5.74, 6) is 0.815. The molecule has 0 spiro atoms. The van der Waals surface area contributed by atoms with Gasteiger partial charge in [-0.05, 0) is 62.5 Å². The minimum absolute atomic E-state index is 0. The second kappa shape index (κ2) is 7.72. The summed E-state index contributed by atoms with van der Waals surface area (Å²) in [7, 11) is 0. The Balaban J connectivity index is 0. The van der Waals surface area contributed by atoms with E-state index in [0.29, 0.717) is 5.41 Å². The van der Waals surface area contributed by atoms with E-state index in [4.69, 9.17) is 0 Å². The smallest absolute Gasteiger partial charge is 0.0246 e. The van der Waals surface area contributed by atoms with Crippen LogP contribution in [0.25, 0.3) is 0 Å². The summed E-state index contributed by atoms with van der Waals surface area (Å²) >= 11 is 0. The minimum atomic E-state index is 0. The van der Waals surface area contributed by atoms with Gasteiger partial charge < -0.3 is 0 Å². The molecule has 0 saturated carbocycles. The molecule has 0 unspecified atom stereocenters. The highest BCUT2D eigenvalue weighted by Gasteiger charge is 2.28. The van der Waals surface area contributed by atoms with Crippen molar-refractivity contribution in [2.24, 2.45) is 11.3 Å². The molecule has 1 atom stereocenters. The molecule has 0 saturated heterocycles. The highest BCUT2D eigenvalue weighted by atomic mass is 14.3. The van der Waals surface area contributed by atoms with Crippen molar-refractivity contribution in [3.05, 3.63) is 34.9 Å². The van der Waals surface area contributed by atoms with Gasteiger partial charge in [0.1, 0.15) is 0 Å². The van der Waals surface area contributed by atoms with Crippen LogP contribution in [-0.4, -0.2) is 0 Å².